The number of hydrogen-bond acceptors (Lipinski definition) is 5. The standard InChI is InChI=1S/C25H31F2N5O/c1-19-5-3-4-6-22(19)20-9-11-31(12-10-20)18-30(2)14-25(33,15-32-17-28-16-29-32)23-8-7-21(26)13-24(23)27/h3-8,13,16-17,20,33H,9-12,14-15,18H2,1-2H3. The van der Waals surface area contributed by atoms with Gasteiger partial charge in [-0.05, 0) is 63.0 Å². The number of aromatic nitrogens is 3. The van der Waals surface area contributed by atoms with E-state index in [1.807, 2.05) is 11.9 Å². The second-order valence-corrected chi connectivity index (χ2v) is 9.15. The number of likely N-dealkylation sites (N-methyl/N-ethyl adjacent to an activating group) is 1. The second-order valence-electron chi connectivity index (χ2n) is 9.15. The van der Waals surface area contributed by atoms with E-state index in [1.54, 1.807) is 0 Å². The molecule has 0 radical (unpaired) electrons. The van der Waals surface area contributed by atoms with E-state index in [1.165, 1.54) is 40.6 Å². The van der Waals surface area contributed by atoms with Crippen molar-refractivity contribution in [3.8, 4) is 0 Å². The fourth-order valence-electron chi connectivity index (χ4n) is 4.94. The van der Waals surface area contributed by atoms with Crippen LogP contribution >= 0.6 is 0 Å². The van der Waals surface area contributed by atoms with Gasteiger partial charge in [0.2, 0.25) is 0 Å². The molecular weight excluding hydrogens is 424 g/mol. The van der Waals surface area contributed by atoms with Crippen LogP contribution in [-0.2, 0) is 12.1 Å². The van der Waals surface area contributed by atoms with Crippen LogP contribution in [0, 0.1) is 18.6 Å². The third kappa shape index (κ3) is 5.63. The minimum absolute atomic E-state index is 0.00918. The van der Waals surface area contributed by atoms with Crippen LogP contribution in [0.4, 0.5) is 8.78 Å². The molecule has 2 heterocycles. The highest BCUT2D eigenvalue weighted by atomic mass is 19.1. The third-order valence-electron chi connectivity index (χ3n) is 6.51. The van der Waals surface area contributed by atoms with Crippen molar-refractivity contribution in [3.63, 3.8) is 0 Å². The predicted octanol–water partition coefficient (Wildman–Crippen LogP) is 3.52. The number of benzene rings is 2. The summed E-state index contributed by atoms with van der Waals surface area (Å²) in [6.07, 6.45) is 5.00. The molecule has 0 aliphatic carbocycles. The smallest absolute Gasteiger partial charge is 0.137 e. The fourth-order valence-corrected chi connectivity index (χ4v) is 4.94. The van der Waals surface area contributed by atoms with Gasteiger partial charge in [-0.25, -0.2) is 18.4 Å². The van der Waals surface area contributed by atoms with Gasteiger partial charge in [0.05, 0.1) is 13.2 Å². The summed E-state index contributed by atoms with van der Waals surface area (Å²) in [7, 11) is 1.90. The Kier molecular flexibility index (Phi) is 7.17. The summed E-state index contributed by atoms with van der Waals surface area (Å²) in [6, 6.07) is 11.9. The van der Waals surface area contributed by atoms with E-state index in [9.17, 15) is 13.9 Å². The highest BCUT2D eigenvalue weighted by molar-refractivity contribution is 5.29. The van der Waals surface area contributed by atoms with Gasteiger partial charge in [0, 0.05) is 18.2 Å². The van der Waals surface area contributed by atoms with Crippen LogP contribution < -0.4 is 0 Å². The minimum Gasteiger partial charge on any atom is -0.382 e. The molecule has 0 amide bonds. The van der Waals surface area contributed by atoms with Gasteiger partial charge in [-0.15, -0.1) is 0 Å². The predicted molar refractivity (Wildman–Crippen MR) is 123 cm³/mol. The summed E-state index contributed by atoms with van der Waals surface area (Å²) < 4.78 is 29.6. The summed E-state index contributed by atoms with van der Waals surface area (Å²) >= 11 is 0. The molecule has 176 valence electrons. The molecule has 0 bridgehead atoms. The largest absolute Gasteiger partial charge is 0.382 e. The van der Waals surface area contributed by atoms with Crippen molar-refractivity contribution < 1.29 is 13.9 Å². The molecule has 1 N–H and O–H groups in total. The van der Waals surface area contributed by atoms with E-state index >= 15 is 0 Å². The summed E-state index contributed by atoms with van der Waals surface area (Å²) in [4.78, 5) is 8.25. The van der Waals surface area contributed by atoms with Crippen molar-refractivity contribution in [1.82, 2.24) is 24.6 Å². The van der Waals surface area contributed by atoms with Crippen molar-refractivity contribution in [2.45, 2.75) is 37.8 Å². The lowest BCUT2D eigenvalue weighted by Gasteiger charge is -2.38. The van der Waals surface area contributed by atoms with Crippen LogP contribution in [0.2, 0.25) is 0 Å². The van der Waals surface area contributed by atoms with Gasteiger partial charge in [0.1, 0.15) is 29.9 Å². The average Bonchev–Trinajstić information content (AvgIpc) is 3.27. The maximum atomic E-state index is 14.6. The van der Waals surface area contributed by atoms with Gasteiger partial charge in [0.25, 0.3) is 0 Å². The molecule has 1 fully saturated rings. The Bertz CT molecular complexity index is 1050. The average molecular weight is 456 g/mol. The first-order valence-electron chi connectivity index (χ1n) is 11.3. The maximum absolute atomic E-state index is 14.6. The number of piperidine rings is 1. The molecule has 1 atom stereocenters. The topological polar surface area (TPSA) is 57.4 Å². The zero-order valence-corrected chi connectivity index (χ0v) is 19.2. The number of likely N-dealkylation sites (tertiary alicyclic amines) is 1. The summed E-state index contributed by atoms with van der Waals surface area (Å²) in [6.45, 7) is 4.89. The van der Waals surface area contributed by atoms with Gasteiger partial charge in [-0.2, -0.15) is 5.10 Å². The van der Waals surface area contributed by atoms with Crippen LogP contribution in [-0.4, -0.2) is 63.0 Å². The van der Waals surface area contributed by atoms with Crippen LogP contribution in [0.5, 0.6) is 0 Å². The van der Waals surface area contributed by atoms with Gasteiger partial charge >= 0.3 is 0 Å². The first-order valence-corrected chi connectivity index (χ1v) is 11.3. The van der Waals surface area contributed by atoms with E-state index in [0.717, 1.165) is 32.0 Å². The number of rotatable bonds is 8. The Morgan fingerprint density at radius 1 is 1.15 bits per heavy atom. The van der Waals surface area contributed by atoms with Gasteiger partial charge < -0.3 is 5.11 Å². The Morgan fingerprint density at radius 3 is 2.58 bits per heavy atom. The SMILES string of the molecule is Cc1ccccc1C1CCN(CN(C)CC(O)(Cn2cncn2)c2ccc(F)cc2F)CC1. The Morgan fingerprint density at radius 2 is 1.91 bits per heavy atom. The van der Waals surface area contributed by atoms with Crippen molar-refractivity contribution in [1.29, 1.82) is 0 Å². The summed E-state index contributed by atoms with van der Waals surface area (Å²) in [5.41, 5.74) is 1.22. The Balaban J connectivity index is 1.42. The highest BCUT2D eigenvalue weighted by Crippen LogP contribution is 2.31. The highest BCUT2D eigenvalue weighted by Gasteiger charge is 2.35. The van der Waals surface area contributed by atoms with Crippen molar-refractivity contribution in [2.24, 2.45) is 0 Å². The van der Waals surface area contributed by atoms with E-state index in [0.29, 0.717) is 12.6 Å². The van der Waals surface area contributed by atoms with E-state index in [-0.39, 0.29) is 18.7 Å². The number of nitrogens with zero attached hydrogens (tertiary/aromatic N) is 5. The van der Waals surface area contributed by atoms with Gasteiger partial charge in [0.15, 0.2) is 0 Å². The molecule has 1 saturated heterocycles. The molecule has 3 aromatic rings. The van der Waals surface area contributed by atoms with E-state index < -0.39 is 17.2 Å². The van der Waals surface area contributed by atoms with Crippen LogP contribution in [0.3, 0.4) is 0 Å². The number of hydrogen-bond donors (Lipinski definition) is 1. The van der Waals surface area contributed by atoms with Crippen LogP contribution in [0.25, 0.3) is 0 Å². The molecular formula is C25H31F2N5O. The molecule has 6 nitrogen and oxygen atoms in total. The zero-order chi connectivity index (χ0) is 23.4. The van der Waals surface area contributed by atoms with Crippen molar-refractivity contribution >= 4 is 0 Å². The lowest BCUT2D eigenvalue weighted by molar-refractivity contribution is -0.0285. The van der Waals surface area contributed by atoms with Gasteiger partial charge in [-0.1, -0.05) is 30.3 Å². The maximum Gasteiger partial charge on any atom is 0.137 e. The number of aliphatic hydroxyl groups is 1. The Labute approximate surface area is 193 Å². The number of halogens is 2. The molecule has 33 heavy (non-hydrogen) atoms. The fraction of sp³-hybridized carbons (Fsp3) is 0.440. The monoisotopic (exact) mass is 455 g/mol. The molecule has 0 spiro atoms. The lowest BCUT2D eigenvalue weighted by atomic mass is 9.87. The zero-order valence-electron chi connectivity index (χ0n) is 19.2. The summed E-state index contributed by atoms with van der Waals surface area (Å²) in [5.74, 6) is -0.889. The first-order chi connectivity index (χ1) is 15.8. The quantitative estimate of drug-likeness (QED) is 0.563. The van der Waals surface area contributed by atoms with Crippen molar-refractivity contribution in [3.05, 3.63) is 83.4 Å². The normalized spacial score (nSPS) is 17.4. The summed E-state index contributed by atoms with van der Waals surface area (Å²) in [5, 5.41) is 15.6. The minimum atomic E-state index is -1.60. The van der Waals surface area contributed by atoms with E-state index in [4.69, 9.17) is 0 Å². The molecule has 0 saturated carbocycles. The van der Waals surface area contributed by atoms with E-state index in [2.05, 4.69) is 46.2 Å². The van der Waals surface area contributed by atoms with Gasteiger partial charge in [-0.3, -0.25) is 9.80 Å². The Hall–Kier alpha value is -2.68. The molecule has 1 aliphatic rings. The first kappa shape index (κ1) is 23.5. The van der Waals surface area contributed by atoms with Crippen molar-refractivity contribution in [2.75, 3.05) is 33.4 Å². The lowest BCUT2D eigenvalue weighted by Crippen LogP contribution is -2.48. The molecule has 4 rings (SSSR count). The van der Waals surface area contributed by atoms with Crippen LogP contribution in [0.15, 0.2) is 55.1 Å². The third-order valence-corrected chi connectivity index (χ3v) is 6.51. The van der Waals surface area contributed by atoms with Crippen LogP contribution in [0.1, 0.15) is 35.4 Å². The second kappa shape index (κ2) is 10.1. The molecule has 2 aromatic carbocycles. The number of aryl methyl sites for hydroxylation is 1. The molecule has 8 heteroatoms. The molecule has 1 aliphatic heterocycles. The molecule has 1 unspecified atom stereocenters. The molecule has 1 aromatic heterocycles.